The Morgan fingerprint density at radius 2 is 1.56 bits per heavy atom. The number of unbranched alkanes of at least 4 members (excludes halogenated alkanes) is 3. The van der Waals surface area contributed by atoms with Crippen LogP contribution in [0.25, 0.3) is 0 Å². The summed E-state index contributed by atoms with van der Waals surface area (Å²) in [6, 6.07) is 9.44. The van der Waals surface area contributed by atoms with E-state index in [-0.39, 0.29) is 13.2 Å². The zero-order valence-electron chi connectivity index (χ0n) is 16.3. The predicted octanol–water partition coefficient (Wildman–Crippen LogP) is 3.58. The van der Waals surface area contributed by atoms with Gasteiger partial charge in [0, 0.05) is 8.07 Å². The molecule has 1 aromatic carbocycles. The Labute approximate surface area is 154 Å². The molecule has 0 saturated heterocycles. The van der Waals surface area contributed by atoms with E-state index in [1.54, 1.807) is 0 Å². The van der Waals surface area contributed by atoms with Gasteiger partial charge in [-0.25, -0.2) is 0 Å². The summed E-state index contributed by atoms with van der Waals surface area (Å²) in [6.45, 7) is 7.65. The second-order valence-electron chi connectivity index (χ2n) is 8.40. The van der Waals surface area contributed by atoms with Crippen LogP contribution in [0, 0.1) is 0 Å². The van der Waals surface area contributed by atoms with Gasteiger partial charge in [-0.2, -0.15) is 0 Å². The number of nitrogens with two attached hydrogens (primary N) is 1. The number of aliphatic hydroxyl groups excluding tert-OH is 2. The SMILES string of the molecule is C[Si](C)(C)CCCCCCOc1ccc(CCC(N)(CO)CO)cc1. The summed E-state index contributed by atoms with van der Waals surface area (Å²) in [6.07, 6.45) is 6.30. The summed E-state index contributed by atoms with van der Waals surface area (Å²) in [5.41, 5.74) is 6.13. The van der Waals surface area contributed by atoms with Gasteiger partial charge in [-0.15, -0.1) is 0 Å². The number of hydrogen-bond donors (Lipinski definition) is 3. The zero-order valence-corrected chi connectivity index (χ0v) is 17.3. The van der Waals surface area contributed by atoms with Crippen molar-refractivity contribution in [2.45, 2.75) is 69.7 Å². The van der Waals surface area contributed by atoms with Crippen LogP contribution in [0.1, 0.15) is 37.7 Å². The Hall–Kier alpha value is -0.883. The van der Waals surface area contributed by atoms with Gasteiger partial charge < -0.3 is 20.7 Å². The van der Waals surface area contributed by atoms with Crippen LogP contribution in [0.15, 0.2) is 24.3 Å². The molecule has 0 aliphatic heterocycles. The van der Waals surface area contributed by atoms with Crippen molar-refractivity contribution in [2.75, 3.05) is 19.8 Å². The maximum atomic E-state index is 9.22. The third-order valence-corrected chi connectivity index (χ3v) is 6.41. The summed E-state index contributed by atoms with van der Waals surface area (Å²) in [4.78, 5) is 0. The van der Waals surface area contributed by atoms with E-state index < -0.39 is 13.6 Å². The highest BCUT2D eigenvalue weighted by molar-refractivity contribution is 6.76. The molecular formula is C20H37NO3Si. The van der Waals surface area contributed by atoms with E-state index in [1.807, 2.05) is 24.3 Å². The van der Waals surface area contributed by atoms with E-state index in [1.165, 1.54) is 25.3 Å². The molecule has 0 heterocycles. The first-order valence-corrected chi connectivity index (χ1v) is 13.2. The third kappa shape index (κ3) is 9.99. The Kier molecular flexibility index (Phi) is 9.72. The molecule has 1 aromatic rings. The molecule has 0 aromatic heterocycles. The summed E-state index contributed by atoms with van der Waals surface area (Å²) in [7, 11) is -0.875. The molecule has 0 radical (unpaired) electrons. The molecule has 0 atom stereocenters. The average Bonchev–Trinajstić information content (AvgIpc) is 2.59. The van der Waals surface area contributed by atoms with Crippen LogP contribution in [0.3, 0.4) is 0 Å². The highest BCUT2D eigenvalue weighted by Gasteiger charge is 2.22. The van der Waals surface area contributed by atoms with Crippen LogP contribution in [-0.4, -0.2) is 43.6 Å². The van der Waals surface area contributed by atoms with Gasteiger partial charge in [0.15, 0.2) is 0 Å². The van der Waals surface area contributed by atoms with Crippen LogP contribution in [0.5, 0.6) is 5.75 Å². The normalized spacial score (nSPS) is 12.4. The van der Waals surface area contributed by atoms with Crippen molar-refractivity contribution in [3.05, 3.63) is 29.8 Å². The van der Waals surface area contributed by atoms with Crippen LogP contribution >= 0.6 is 0 Å². The van der Waals surface area contributed by atoms with E-state index >= 15 is 0 Å². The quantitative estimate of drug-likeness (QED) is 0.368. The predicted molar refractivity (Wildman–Crippen MR) is 108 cm³/mol. The minimum Gasteiger partial charge on any atom is -0.494 e. The lowest BCUT2D eigenvalue weighted by Gasteiger charge is -2.24. The lowest BCUT2D eigenvalue weighted by atomic mass is 9.94. The Bertz CT molecular complexity index is 467. The Morgan fingerprint density at radius 1 is 0.960 bits per heavy atom. The summed E-state index contributed by atoms with van der Waals surface area (Å²) in [5, 5.41) is 18.4. The van der Waals surface area contributed by atoms with Gasteiger partial charge >= 0.3 is 0 Å². The number of hydrogen-bond acceptors (Lipinski definition) is 4. The summed E-state index contributed by atoms with van der Waals surface area (Å²) < 4.78 is 5.80. The number of rotatable bonds is 13. The number of aryl methyl sites for hydroxylation is 1. The Morgan fingerprint density at radius 3 is 2.12 bits per heavy atom. The second-order valence-corrected chi connectivity index (χ2v) is 14.0. The van der Waals surface area contributed by atoms with Crippen molar-refractivity contribution in [3.8, 4) is 5.75 Å². The van der Waals surface area contributed by atoms with Crippen LogP contribution in [0.4, 0.5) is 0 Å². The van der Waals surface area contributed by atoms with Gasteiger partial charge in [-0.05, 0) is 37.0 Å². The number of benzene rings is 1. The van der Waals surface area contributed by atoms with Gasteiger partial charge in [0.25, 0.3) is 0 Å². The molecule has 144 valence electrons. The monoisotopic (exact) mass is 367 g/mol. The first kappa shape index (κ1) is 22.2. The van der Waals surface area contributed by atoms with Crippen molar-refractivity contribution >= 4 is 8.07 Å². The second kappa shape index (κ2) is 11.0. The molecule has 0 aliphatic carbocycles. The Balaban J connectivity index is 2.20. The van der Waals surface area contributed by atoms with E-state index in [4.69, 9.17) is 10.5 Å². The lowest BCUT2D eigenvalue weighted by molar-refractivity contribution is 0.115. The van der Waals surface area contributed by atoms with Gasteiger partial charge in [0.05, 0.1) is 25.4 Å². The highest BCUT2D eigenvalue weighted by atomic mass is 28.3. The maximum absolute atomic E-state index is 9.22. The molecule has 0 spiro atoms. The lowest BCUT2D eigenvalue weighted by Crippen LogP contribution is -2.47. The summed E-state index contributed by atoms with van der Waals surface area (Å²) >= 11 is 0. The maximum Gasteiger partial charge on any atom is 0.119 e. The summed E-state index contributed by atoms with van der Waals surface area (Å²) in [5.74, 6) is 0.897. The smallest absolute Gasteiger partial charge is 0.119 e. The molecule has 0 saturated carbocycles. The largest absolute Gasteiger partial charge is 0.494 e. The minimum absolute atomic E-state index is 0.206. The molecule has 0 bridgehead atoms. The minimum atomic E-state index is -0.898. The molecule has 5 heteroatoms. The van der Waals surface area contributed by atoms with E-state index in [0.29, 0.717) is 6.42 Å². The van der Waals surface area contributed by atoms with Crippen molar-refractivity contribution in [3.63, 3.8) is 0 Å². The fraction of sp³-hybridized carbons (Fsp3) is 0.700. The van der Waals surface area contributed by atoms with Gasteiger partial charge in [0.1, 0.15) is 5.75 Å². The number of aliphatic hydroxyl groups is 2. The van der Waals surface area contributed by atoms with Gasteiger partial charge in [-0.1, -0.05) is 57.1 Å². The van der Waals surface area contributed by atoms with Gasteiger partial charge in [-0.3, -0.25) is 0 Å². The fourth-order valence-electron chi connectivity index (χ4n) is 2.65. The van der Waals surface area contributed by atoms with Crippen LogP contribution in [-0.2, 0) is 6.42 Å². The molecule has 0 fully saturated rings. The molecule has 4 N–H and O–H groups in total. The molecule has 1 rings (SSSR count). The molecule has 0 amide bonds. The fourth-order valence-corrected chi connectivity index (χ4v) is 3.97. The van der Waals surface area contributed by atoms with Crippen molar-refractivity contribution in [1.82, 2.24) is 0 Å². The average molecular weight is 368 g/mol. The standard InChI is InChI=1S/C20H37NO3Si/c1-25(2,3)15-7-5-4-6-14-24-19-10-8-18(9-11-19)12-13-20(21,16-22)17-23/h8-11,22-23H,4-7,12-17,21H2,1-3H3. The third-order valence-electron chi connectivity index (χ3n) is 4.55. The van der Waals surface area contributed by atoms with Crippen molar-refractivity contribution in [1.29, 1.82) is 0 Å². The van der Waals surface area contributed by atoms with Crippen molar-refractivity contribution in [2.24, 2.45) is 5.73 Å². The highest BCUT2D eigenvalue weighted by Crippen LogP contribution is 2.17. The molecule has 25 heavy (non-hydrogen) atoms. The zero-order chi connectivity index (χ0) is 18.8. The molecule has 0 unspecified atom stereocenters. The van der Waals surface area contributed by atoms with Crippen LogP contribution < -0.4 is 10.5 Å². The van der Waals surface area contributed by atoms with E-state index in [0.717, 1.165) is 30.8 Å². The first-order valence-electron chi connectivity index (χ1n) is 9.50. The van der Waals surface area contributed by atoms with Gasteiger partial charge in [0.2, 0.25) is 0 Å². The van der Waals surface area contributed by atoms with Crippen molar-refractivity contribution < 1.29 is 14.9 Å². The topological polar surface area (TPSA) is 75.7 Å². The van der Waals surface area contributed by atoms with E-state index in [2.05, 4.69) is 19.6 Å². The first-order chi connectivity index (χ1) is 11.8. The molecule has 4 nitrogen and oxygen atoms in total. The van der Waals surface area contributed by atoms with Crippen LogP contribution in [0.2, 0.25) is 25.7 Å². The number of ether oxygens (including phenoxy) is 1. The van der Waals surface area contributed by atoms with E-state index in [9.17, 15) is 10.2 Å². The molecule has 0 aliphatic rings. The molecular weight excluding hydrogens is 330 g/mol.